The SMILES string of the molecule is CCC(C)CCCCCCCCCCCCCCCCC(=O)OC[C@H](COP(=O)(O)OC[C@@H](O)COP(=O)(O)OC[C@@H](COC(=O)CCCCCCCCC(C)CC)OC(=O)CCCCCCCCCCCCCCCCCC(C)C)OC(=O)CCCCCCCCCCCCC(C)C. The molecule has 0 aliphatic heterocycles. The normalized spacial score (nSPS) is 14.6. The van der Waals surface area contributed by atoms with E-state index in [0.29, 0.717) is 25.7 Å². The summed E-state index contributed by atoms with van der Waals surface area (Å²) < 4.78 is 68.7. The van der Waals surface area contributed by atoms with Crippen molar-refractivity contribution in [2.75, 3.05) is 39.6 Å². The van der Waals surface area contributed by atoms with E-state index in [2.05, 4.69) is 55.4 Å². The Morgan fingerprint density at radius 3 is 0.717 bits per heavy atom. The lowest BCUT2D eigenvalue weighted by Gasteiger charge is -2.21. The first-order chi connectivity index (χ1) is 47.7. The number of unbranched alkanes of at least 4 members (excludes halogenated alkanes) is 41. The lowest BCUT2D eigenvalue weighted by molar-refractivity contribution is -0.161. The number of aliphatic hydroxyl groups is 1. The highest BCUT2D eigenvalue weighted by atomic mass is 31.2. The van der Waals surface area contributed by atoms with Crippen LogP contribution in [0.25, 0.3) is 0 Å². The summed E-state index contributed by atoms with van der Waals surface area (Å²) in [6, 6.07) is 0. The van der Waals surface area contributed by atoms with Crippen molar-refractivity contribution in [1.82, 2.24) is 0 Å². The number of esters is 4. The molecule has 4 unspecified atom stereocenters. The highest BCUT2D eigenvalue weighted by molar-refractivity contribution is 7.47. The van der Waals surface area contributed by atoms with Gasteiger partial charge in [0.2, 0.25) is 0 Å². The van der Waals surface area contributed by atoms with Gasteiger partial charge in [-0.15, -0.1) is 0 Å². The number of carbonyl (C=O) groups is 4. The van der Waals surface area contributed by atoms with Gasteiger partial charge in [-0.25, -0.2) is 9.13 Å². The quantitative estimate of drug-likeness (QED) is 0.0222. The number of rotatable bonds is 77. The van der Waals surface area contributed by atoms with Crippen molar-refractivity contribution in [3.63, 3.8) is 0 Å². The van der Waals surface area contributed by atoms with Gasteiger partial charge in [0.1, 0.15) is 19.3 Å². The highest BCUT2D eigenvalue weighted by Crippen LogP contribution is 2.45. The zero-order valence-electron chi connectivity index (χ0n) is 65.1. The lowest BCUT2D eigenvalue weighted by Crippen LogP contribution is -2.30. The van der Waals surface area contributed by atoms with Crippen LogP contribution in [-0.4, -0.2) is 96.7 Å². The van der Waals surface area contributed by atoms with E-state index >= 15 is 0 Å². The molecule has 588 valence electrons. The highest BCUT2D eigenvalue weighted by Gasteiger charge is 2.30. The average Bonchev–Trinajstić information content (AvgIpc) is 0.987. The number of carbonyl (C=O) groups excluding carboxylic acids is 4. The minimum absolute atomic E-state index is 0.106. The molecule has 0 bridgehead atoms. The van der Waals surface area contributed by atoms with Crippen LogP contribution in [0.1, 0.15) is 409 Å². The molecule has 0 aliphatic rings. The molecule has 3 N–H and O–H groups in total. The zero-order chi connectivity index (χ0) is 73.1. The lowest BCUT2D eigenvalue weighted by atomic mass is 9.99. The minimum Gasteiger partial charge on any atom is -0.462 e. The molecular formula is C80H156O17P2. The number of phosphoric acid groups is 2. The third-order valence-electron chi connectivity index (χ3n) is 19.3. The Kier molecular flexibility index (Phi) is 67.8. The molecule has 0 rings (SSSR count). The van der Waals surface area contributed by atoms with E-state index in [-0.39, 0.29) is 25.7 Å². The Hall–Kier alpha value is -1.94. The number of hydrogen-bond donors (Lipinski definition) is 3. The average molecular weight is 1450 g/mol. The second-order valence-electron chi connectivity index (χ2n) is 30.2. The first-order valence-electron chi connectivity index (χ1n) is 41.3. The predicted molar refractivity (Wildman–Crippen MR) is 404 cm³/mol. The molecule has 0 radical (unpaired) electrons. The van der Waals surface area contributed by atoms with Crippen LogP contribution in [0, 0.1) is 23.7 Å². The van der Waals surface area contributed by atoms with Crippen molar-refractivity contribution in [3.8, 4) is 0 Å². The Balaban J connectivity index is 5.22. The molecule has 7 atom stereocenters. The fraction of sp³-hybridized carbons (Fsp3) is 0.950. The van der Waals surface area contributed by atoms with Crippen LogP contribution in [0.3, 0.4) is 0 Å². The molecule has 0 saturated carbocycles. The van der Waals surface area contributed by atoms with E-state index in [1.165, 1.54) is 205 Å². The summed E-state index contributed by atoms with van der Waals surface area (Å²) in [5, 5.41) is 10.6. The van der Waals surface area contributed by atoms with Crippen molar-refractivity contribution >= 4 is 39.5 Å². The number of phosphoric ester groups is 2. The maximum absolute atomic E-state index is 13.1. The van der Waals surface area contributed by atoms with Gasteiger partial charge in [0.15, 0.2) is 12.2 Å². The van der Waals surface area contributed by atoms with Gasteiger partial charge in [0, 0.05) is 25.7 Å². The largest absolute Gasteiger partial charge is 0.472 e. The zero-order valence-corrected chi connectivity index (χ0v) is 66.9. The Bertz CT molecular complexity index is 1940. The molecule has 0 aliphatic carbocycles. The fourth-order valence-corrected chi connectivity index (χ4v) is 13.8. The van der Waals surface area contributed by atoms with Crippen molar-refractivity contribution in [2.24, 2.45) is 23.7 Å². The van der Waals surface area contributed by atoms with Crippen LogP contribution in [0.2, 0.25) is 0 Å². The molecule has 0 heterocycles. The van der Waals surface area contributed by atoms with Crippen molar-refractivity contribution in [3.05, 3.63) is 0 Å². The monoisotopic (exact) mass is 1450 g/mol. The molecule has 0 saturated heterocycles. The van der Waals surface area contributed by atoms with E-state index in [4.69, 9.17) is 37.0 Å². The first kappa shape index (κ1) is 97.1. The summed E-state index contributed by atoms with van der Waals surface area (Å²) in [5.74, 6) is 1.02. The fourth-order valence-electron chi connectivity index (χ4n) is 12.2. The summed E-state index contributed by atoms with van der Waals surface area (Å²) >= 11 is 0. The van der Waals surface area contributed by atoms with Crippen LogP contribution in [0.15, 0.2) is 0 Å². The van der Waals surface area contributed by atoms with Gasteiger partial charge in [-0.3, -0.25) is 37.3 Å². The van der Waals surface area contributed by atoms with E-state index in [1.54, 1.807) is 0 Å². The van der Waals surface area contributed by atoms with Gasteiger partial charge in [0.25, 0.3) is 0 Å². The molecule has 17 nitrogen and oxygen atoms in total. The number of aliphatic hydroxyl groups excluding tert-OH is 1. The molecule has 0 aromatic rings. The van der Waals surface area contributed by atoms with Crippen LogP contribution in [0.5, 0.6) is 0 Å². The second kappa shape index (κ2) is 69.1. The van der Waals surface area contributed by atoms with Crippen molar-refractivity contribution < 1.29 is 80.2 Å². The molecule has 0 aromatic heterocycles. The molecule has 0 amide bonds. The molecule has 99 heavy (non-hydrogen) atoms. The van der Waals surface area contributed by atoms with Crippen LogP contribution < -0.4 is 0 Å². The maximum atomic E-state index is 13.1. The Labute approximate surface area is 607 Å². The summed E-state index contributed by atoms with van der Waals surface area (Å²) in [4.78, 5) is 73.0. The summed E-state index contributed by atoms with van der Waals surface area (Å²) in [7, 11) is -9.92. The first-order valence-corrected chi connectivity index (χ1v) is 44.3. The topological polar surface area (TPSA) is 237 Å². The van der Waals surface area contributed by atoms with Crippen molar-refractivity contribution in [2.45, 2.75) is 427 Å². The van der Waals surface area contributed by atoms with Gasteiger partial charge in [-0.1, -0.05) is 357 Å². The summed E-state index contributed by atoms with van der Waals surface area (Å²) in [6.07, 6.45) is 55.5. The summed E-state index contributed by atoms with van der Waals surface area (Å²) in [5.41, 5.74) is 0. The van der Waals surface area contributed by atoms with Crippen LogP contribution >= 0.6 is 15.6 Å². The molecule has 0 fully saturated rings. The van der Waals surface area contributed by atoms with E-state index in [0.717, 1.165) is 120 Å². The van der Waals surface area contributed by atoms with E-state index < -0.39 is 97.5 Å². The Morgan fingerprint density at radius 1 is 0.283 bits per heavy atom. The maximum Gasteiger partial charge on any atom is 0.472 e. The third kappa shape index (κ3) is 71.5. The van der Waals surface area contributed by atoms with Crippen molar-refractivity contribution in [1.29, 1.82) is 0 Å². The summed E-state index contributed by atoms with van der Waals surface area (Å²) in [6.45, 7) is 14.3. The van der Waals surface area contributed by atoms with Gasteiger partial charge < -0.3 is 33.8 Å². The second-order valence-corrected chi connectivity index (χ2v) is 33.1. The van der Waals surface area contributed by atoms with E-state index in [1.807, 2.05) is 0 Å². The van der Waals surface area contributed by atoms with Gasteiger partial charge in [-0.2, -0.15) is 0 Å². The van der Waals surface area contributed by atoms with Crippen LogP contribution in [-0.2, 0) is 65.4 Å². The predicted octanol–water partition coefficient (Wildman–Crippen LogP) is 23.6. The Morgan fingerprint density at radius 2 is 0.485 bits per heavy atom. The van der Waals surface area contributed by atoms with Gasteiger partial charge in [0.05, 0.1) is 26.4 Å². The van der Waals surface area contributed by atoms with E-state index in [9.17, 15) is 43.2 Å². The minimum atomic E-state index is -4.96. The number of hydrogen-bond acceptors (Lipinski definition) is 15. The standard InChI is InChI=1S/C80H156O17P2/c1-9-72(7)58-50-42-34-28-21-17-14-15-18-22-29-35-44-52-60-77(82)90-66-75(96-80(85)63-55-47-37-31-25-24-27-33-41-49-57-71(5)6)68-94-98(86,87)92-64-74(81)65-93-99(88,89)95-69-76(67-91-78(83)61-53-45-39-38-43-51-59-73(8)10-2)97-79(84)62-54-46-36-30-23-19-13-11-12-16-20-26-32-40-48-56-70(3)4/h70-76,81H,9-69H2,1-8H3,(H,86,87)(H,88,89)/t72?,73?,74-,75-,76-/m1/s1. The number of ether oxygens (including phenoxy) is 4. The van der Waals surface area contributed by atoms with Gasteiger partial charge in [-0.05, 0) is 49.4 Å². The molecule has 19 heteroatoms. The molecule has 0 spiro atoms. The molecule has 0 aromatic carbocycles. The van der Waals surface area contributed by atoms with Gasteiger partial charge >= 0.3 is 39.5 Å². The third-order valence-corrected chi connectivity index (χ3v) is 21.2. The molecular weight excluding hydrogens is 1290 g/mol. The smallest absolute Gasteiger partial charge is 0.462 e. The van der Waals surface area contributed by atoms with Crippen LogP contribution in [0.4, 0.5) is 0 Å².